The van der Waals surface area contributed by atoms with Crippen molar-refractivity contribution in [1.29, 1.82) is 0 Å². The number of nitrogens with zero attached hydrogens (tertiary/aromatic N) is 2. The molecule has 7 amide bonds. The van der Waals surface area contributed by atoms with Crippen LogP contribution in [0.5, 0.6) is 11.5 Å². The number of aromatic hydroxyl groups is 1. The van der Waals surface area contributed by atoms with E-state index < -0.39 is 175 Å². The number of carbonyl (C=O) groups is 7. The number of carbonyl (C=O) groups excluding carboxylic acids is 7. The molecule has 3 heterocycles. The Balaban J connectivity index is 1.67. The van der Waals surface area contributed by atoms with Gasteiger partial charge in [-0.05, 0) is 44.0 Å². The third kappa shape index (κ3) is 20.0. The summed E-state index contributed by atoms with van der Waals surface area (Å²) < 4.78 is 33.0. The highest BCUT2D eigenvalue weighted by Gasteiger charge is 2.49. The Kier molecular flexibility index (Phi) is 26.7. The summed E-state index contributed by atoms with van der Waals surface area (Å²) in [6.07, 6.45) is 1.81. The van der Waals surface area contributed by atoms with Gasteiger partial charge in [0, 0.05) is 51.2 Å². The van der Waals surface area contributed by atoms with Gasteiger partial charge in [0.2, 0.25) is 41.4 Å². The Morgan fingerprint density at radius 3 is 1.91 bits per heavy atom. The molecule has 0 saturated carbocycles. The maximum atomic E-state index is 14.6. The lowest BCUT2D eigenvalue weighted by Gasteiger charge is -2.34. The molecule has 444 valence electrons. The quantitative estimate of drug-likeness (QED) is 0.0573. The molecule has 3 aliphatic rings. The molecule has 1 aromatic rings. The smallest absolute Gasteiger partial charge is 0.266 e. The molecule has 1 aromatic carbocycles. The van der Waals surface area contributed by atoms with Crippen molar-refractivity contribution in [2.45, 2.75) is 209 Å². The van der Waals surface area contributed by atoms with Crippen molar-refractivity contribution < 1.29 is 87.1 Å². The molecule has 17 N–H and O–H groups in total. The van der Waals surface area contributed by atoms with Gasteiger partial charge in [-0.2, -0.15) is 0 Å². The minimum Gasteiger partial charge on any atom is -0.504 e. The van der Waals surface area contributed by atoms with Crippen LogP contribution >= 0.6 is 11.2 Å². The largest absolute Gasteiger partial charge is 0.504 e. The molecule has 26 nitrogen and oxygen atoms in total. The summed E-state index contributed by atoms with van der Waals surface area (Å²) in [6, 6.07) is -7.82. The highest BCUT2D eigenvalue weighted by Crippen LogP contribution is 2.41. The molecule has 0 aliphatic carbocycles. The topological polar surface area (TPSA) is 424 Å². The first-order valence-electron chi connectivity index (χ1n) is 27.3. The summed E-state index contributed by atoms with van der Waals surface area (Å²) in [6.45, 7) is 3.16. The number of amides is 7. The van der Waals surface area contributed by atoms with E-state index in [1.165, 1.54) is 57.9 Å². The zero-order valence-electron chi connectivity index (χ0n) is 44.9. The highest BCUT2D eigenvalue weighted by atomic mass is 32.3. The predicted molar refractivity (Wildman–Crippen MR) is 284 cm³/mol. The van der Waals surface area contributed by atoms with Crippen LogP contribution in [0.15, 0.2) is 18.2 Å². The number of aliphatic hydroxyl groups is 6. The average molecular weight is 1130 g/mol. The van der Waals surface area contributed by atoms with E-state index in [0.29, 0.717) is 6.42 Å². The fraction of sp³-hybridized carbons (Fsp3) is 0.745. The fourth-order valence-corrected chi connectivity index (χ4v) is 10.4. The van der Waals surface area contributed by atoms with E-state index in [-0.39, 0.29) is 31.5 Å². The van der Waals surface area contributed by atoms with Gasteiger partial charge in [-0.3, -0.25) is 47.2 Å². The second kappa shape index (κ2) is 31.7. The highest BCUT2D eigenvalue weighted by molar-refractivity contribution is 8.15. The van der Waals surface area contributed by atoms with Crippen molar-refractivity contribution >= 4 is 52.5 Å². The van der Waals surface area contributed by atoms with Gasteiger partial charge in [0.1, 0.15) is 36.3 Å². The van der Waals surface area contributed by atoms with Gasteiger partial charge in [-0.25, -0.2) is 0 Å². The van der Waals surface area contributed by atoms with Gasteiger partial charge in [-0.1, -0.05) is 97.0 Å². The lowest BCUT2D eigenvalue weighted by Crippen LogP contribution is -2.64. The summed E-state index contributed by atoms with van der Waals surface area (Å²) >= 11 is -4.69. The van der Waals surface area contributed by atoms with Crippen molar-refractivity contribution in [3.05, 3.63) is 23.8 Å². The number of aliphatic hydroxyl groups excluding tert-OH is 6. The van der Waals surface area contributed by atoms with Crippen molar-refractivity contribution in [2.75, 3.05) is 26.2 Å². The van der Waals surface area contributed by atoms with Gasteiger partial charge in [0.25, 0.3) is 11.2 Å². The van der Waals surface area contributed by atoms with Crippen LogP contribution in [0.4, 0.5) is 0 Å². The average Bonchev–Trinajstić information content (AvgIpc) is 3.92. The van der Waals surface area contributed by atoms with Crippen molar-refractivity contribution in [3.8, 4) is 11.5 Å². The number of fused-ring (bicyclic) bond motifs is 2. The van der Waals surface area contributed by atoms with Crippen molar-refractivity contribution in [3.63, 3.8) is 0 Å². The van der Waals surface area contributed by atoms with E-state index in [1.54, 1.807) is 0 Å². The van der Waals surface area contributed by atoms with E-state index in [2.05, 4.69) is 37.7 Å². The summed E-state index contributed by atoms with van der Waals surface area (Å²) in [4.78, 5) is 101. The summed E-state index contributed by atoms with van der Waals surface area (Å²) in [5.41, 5.74) is 5.73. The van der Waals surface area contributed by atoms with Crippen LogP contribution in [0.2, 0.25) is 0 Å². The number of rotatable bonds is 24. The molecule has 0 bridgehead atoms. The molecular weight excluding hydrogens is 1040 g/mol. The van der Waals surface area contributed by atoms with Gasteiger partial charge in [0.05, 0.1) is 36.6 Å². The van der Waals surface area contributed by atoms with Gasteiger partial charge < -0.3 is 82.0 Å². The van der Waals surface area contributed by atoms with Crippen molar-refractivity contribution in [1.82, 2.24) is 36.4 Å². The zero-order chi connectivity index (χ0) is 57.9. The lowest BCUT2D eigenvalue weighted by molar-refractivity contribution is -0.147. The minimum absolute atomic E-state index is 0.00572. The van der Waals surface area contributed by atoms with E-state index >= 15 is 0 Å². The van der Waals surface area contributed by atoms with E-state index in [9.17, 15) is 83.0 Å². The molecule has 13 atom stereocenters. The monoisotopic (exact) mass is 1130 g/mol. The number of unbranched alkanes of at least 4 members (excludes halogenated alkanes) is 12. The fourth-order valence-electron chi connectivity index (χ4n) is 10.1. The number of phenolic OH excluding ortho intramolecular Hbond substituents is 1. The molecule has 3 fully saturated rings. The number of hydrogen-bond acceptors (Lipinski definition) is 19. The molecule has 0 spiro atoms. The normalized spacial score (nSPS) is 27.6. The standard InChI is InChI=1S/C51H86N8O18S/c1-4-5-6-7-8-9-10-11-12-13-14-15-16-17-40(66)54-34-24-32(61)26-53-49(71)44-45(67)29(2)27-59(44)51(73)43(37(64)20-21-52)57-48(70)42(38(65)22-31-18-19-36(63)39(23-31)77-78(74,75)76)56-47(69)35-25-33(62)28-58(35)50(72)41(30(3)60)55-46(34)68/h18-19,23,29-30,32-35,37-38,41-45,60-65,67,74-76H,4-17,20-22,24-28,52H2,1-3H3,(H,53,71)(H,54,66)(H,55,68)(H,56,69)(H,57,70)/t29-,30+,32+,33+,34-,35-,37+,38+,41-,42-,43-,44-,45-/m0/s1. The van der Waals surface area contributed by atoms with E-state index in [4.69, 9.17) is 5.73 Å². The first-order valence-corrected chi connectivity index (χ1v) is 28.7. The van der Waals surface area contributed by atoms with Gasteiger partial charge >= 0.3 is 0 Å². The Labute approximate surface area is 457 Å². The summed E-state index contributed by atoms with van der Waals surface area (Å²) in [7, 11) is 0. The Morgan fingerprint density at radius 1 is 0.744 bits per heavy atom. The van der Waals surface area contributed by atoms with Crippen LogP contribution in [-0.2, 0) is 40.0 Å². The molecule has 4 rings (SSSR count). The number of β-amino-alcohol motifs (C(OH)–C–C–N with tert-alkyl or cyclic N) is 1. The molecule has 27 heteroatoms. The van der Waals surface area contributed by atoms with Crippen LogP contribution in [0.25, 0.3) is 0 Å². The third-order valence-electron chi connectivity index (χ3n) is 14.4. The Morgan fingerprint density at radius 2 is 1.32 bits per heavy atom. The van der Waals surface area contributed by atoms with Crippen molar-refractivity contribution in [2.24, 2.45) is 11.7 Å². The number of benzene rings is 1. The third-order valence-corrected chi connectivity index (χ3v) is 14.8. The second-order valence-corrected chi connectivity index (χ2v) is 22.1. The van der Waals surface area contributed by atoms with Gasteiger partial charge in [-0.15, -0.1) is 0 Å². The Bertz CT molecular complexity index is 2140. The Hall–Kier alpha value is -4.94. The van der Waals surface area contributed by atoms with E-state index in [0.717, 1.165) is 61.0 Å². The number of nitrogens with one attached hydrogen (secondary N) is 5. The SMILES string of the molecule is CCCCCCCCCCCCCCCC(=O)N[C@H]1C[C@@H](O)CNC(=O)[C@@H]2[C@@H](O)[C@@H](C)CN2C(=O)[C@H]([C@H](O)CCN)NC(=O)[C@H]([C@H](O)Cc2ccc(O)c(OS(O)(O)O)c2)NC(=O)[C@@H]2C[C@@H](O)CN2C(=O)[C@H]([C@@H](C)O)NC1=O. The zero-order valence-corrected chi connectivity index (χ0v) is 45.7. The van der Waals surface area contributed by atoms with Crippen LogP contribution in [0, 0.1) is 5.92 Å². The summed E-state index contributed by atoms with van der Waals surface area (Å²) in [5, 5.41) is 90.0. The molecule has 0 radical (unpaired) electrons. The summed E-state index contributed by atoms with van der Waals surface area (Å²) in [5.74, 6) is -9.56. The molecule has 0 aromatic heterocycles. The molecule has 3 aliphatic heterocycles. The maximum Gasteiger partial charge on any atom is 0.266 e. The van der Waals surface area contributed by atoms with E-state index in [1.807, 2.05) is 0 Å². The number of hydrogen-bond donors (Lipinski definition) is 16. The molecule has 3 saturated heterocycles. The predicted octanol–water partition coefficient (Wildman–Crippen LogP) is -0.626. The minimum atomic E-state index is -4.69. The van der Waals surface area contributed by atoms with Crippen LogP contribution in [-0.4, -0.2) is 200 Å². The molecule has 0 unspecified atom stereocenters. The number of phenols is 1. The first-order chi connectivity index (χ1) is 36.9. The van der Waals surface area contributed by atoms with Gasteiger partial charge in [0.15, 0.2) is 11.5 Å². The second-order valence-electron chi connectivity index (χ2n) is 21.0. The van der Waals surface area contributed by atoms with Crippen LogP contribution in [0.3, 0.4) is 0 Å². The maximum absolute atomic E-state index is 14.6. The molecular formula is C51H86N8O18S. The first kappa shape index (κ1) is 65.6. The molecule has 78 heavy (non-hydrogen) atoms. The number of nitrogens with two attached hydrogens (primary N) is 1. The van der Waals surface area contributed by atoms with Crippen LogP contribution in [0.1, 0.15) is 135 Å². The van der Waals surface area contributed by atoms with Crippen LogP contribution < -0.4 is 36.5 Å². The lowest BCUT2D eigenvalue weighted by atomic mass is 9.98.